The number of hydrogen-bond donors (Lipinski definition) is 3. The maximum Gasteiger partial charge on any atom is 0.240 e. The zero-order valence-corrected chi connectivity index (χ0v) is 13.7. The molecule has 7 heteroatoms. The van der Waals surface area contributed by atoms with Crippen molar-refractivity contribution in [3.63, 3.8) is 0 Å². The van der Waals surface area contributed by atoms with E-state index < -0.39 is 6.04 Å². The van der Waals surface area contributed by atoms with Gasteiger partial charge in [0.25, 0.3) is 0 Å². The number of anilines is 2. The summed E-state index contributed by atoms with van der Waals surface area (Å²) >= 11 is 6.10. The third-order valence-electron chi connectivity index (χ3n) is 3.49. The molecule has 24 heavy (non-hydrogen) atoms. The SMILES string of the molecule is C[C@@H](N)C(=O)Nc1cccc(-c2nc(N)nc3ccc(Cl)cc23)c1. The van der Waals surface area contributed by atoms with Gasteiger partial charge < -0.3 is 16.8 Å². The van der Waals surface area contributed by atoms with E-state index in [2.05, 4.69) is 15.3 Å². The lowest BCUT2D eigenvalue weighted by molar-refractivity contribution is -0.117. The van der Waals surface area contributed by atoms with Gasteiger partial charge >= 0.3 is 0 Å². The molecule has 6 nitrogen and oxygen atoms in total. The van der Waals surface area contributed by atoms with Crippen molar-refractivity contribution in [2.75, 3.05) is 11.1 Å². The van der Waals surface area contributed by atoms with Gasteiger partial charge in [-0.05, 0) is 37.3 Å². The molecule has 2 aromatic carbocycles. The molecular formula is C17H16ClN5O. The van der Waals surface area contributed by atoms with Crippen molar-refractivity contribution in [2.24, 2.45) is 5.73 Å². The summed E-state index contributed by atoms with van der Waals surface area (Å²) in [5.41, 5.74) is 14.2. The highest BCUT2D eigenvalue weighted by Gasteiger charge is 2.12. The summed E-state index contributed by atoms with van der Waals surface area (Å²) in [5, 5.41) is 4.13. The first-order valence-electron chi connectivity index (χ1n) is 7.33. The third-order valence-corrected chi connectivity index (χ3v) is 3.73. The normalized spacial score (nSPS) is 12.1. The van der Waals surface area contributed by atoms with E-state index in [0.29, 0.717) is 21.9 Å². The summed E-state index contributed by atoms with van der Waals surface area (Å²) in [7, 11) is 0. The van der Waals surface area contributed by atoms with Gasteiger partial charge in [-0.1, -0.05) is 23.7 Å². The van der Waals surface area contributed by atoms with Gasteiger partial charge in [-0.25, -0.2) is 9.97 Å². The standard InChI is InChI=1S/C17H16ClN5O/c1-9(19)16(24)21-12-4-2-3-10(7-12)15-13-8-11(18)5-6-14(13)22-17(20)23-15/h2-9H,19H2,1H3,(H,21,24)(H2,20,22,23)/t9-/m1/s1. The Kier molecular flexibility index (Phi) is 4.33. The second kappa shape index (κ2) is 6.43. The summed E-state index contributed by atoms with van der Waals surface area (Å²) < 4.78 is 0. The maximum atomic E-state index is 11.8. The van der Waals surface area contributed by atoms with E-state index in [4.69, 9.17) is 23.1 Å². The second-order valence-corrected chi connectivity index (χ2v) is 5.89. The lowest BCUT2D eigenvalue weighted by Crippen LogP contribution is -2.32. The van der Waals surface area contributed by atoms with E-state index in [-0.39, 0.29) is 11.9 Å². The number of carbonyl (C=O) groups is 1. The monoisotopic (exact) mass is 341 g/mol. The fraction of sp³-hybridized carbons (Fsp3) is 0.118. The number of halogens is 1. The van der Waals surface area contributed by atoms with Gasteiger partial charge in [-0.15, -0.1) is 0 Å². The van der Waals surface area contributed by atoms with Crippen LogP contribution in [0.5, 0.6) is 0 Å². The van der Waals surface area contributed by atoms with Crippen LogP contribution in [0, 0.1) is 0 Å². The Morgan fingerprint density at radius 3 is 2.75 bits per heavy atom. The van der Waals surface area contributed by atoms with Gasteiger partial charge in [-0.2, -0.15) is 0 Å². The summed E-state index contributed by atoms with van der Waals surface area (Å²) in [6, 6.07) is 12.0. The Balaban J connectivity index is 2.10. The number of benzene rings is 2. The number of nitrogens with two attached hydrogens (primary N) is 2. The van der Waals surface area contributed by atoms with Gasteiger partial charge in [0.2, 0.25) is 11.9 Å². The molecule has 0 saturated heterocycles. The highest BCUT2D eigenvalue weighted by Crippen LogP contribution is 2.30. The lowest BCUT2D eigenvalue weighted by atomic mass is 10.1. The molecule has 122 valence electrons. The van der Waals surface area contributed by atoms with Crippen molar-refractivity contribution < 1.29 is 4.79 Å². The van der Waals surface area contributed by atoms with E-state index in [1.165, 1.54) is 0 Å². The van der Waals surface area contributed by atoms with Gasteiger partial charge in [0.1, 0.15) is 0 Å². The molecule has 0 fully saturated rings. The molecule has 1 atom stereocenters. The molecule has 0 bridgehead atoms. The number of amides is 1. The number of carbonyl (C=O) groups excluding carboxylic acids is 1. The fourth-order valence-electron chi connectivity index (χ4n) is 2.34. The highest BCUT2D eigenvalue weighted by molar-refractivity contribution is 6.31. The maximum absolute atomic E-state index is 11.8. The van der Waals surface area contributed by atoms with Crippen LogP contribution in [0.15, 0.2) is 42.5 Å². The summed E-state index contributed by atoms with van der Waals surface area (Å²) in [5.74, 6) is -0.0907. The van der Waals surface area contributed by atoms with Crippen molar-refractivity contribution in [1.82, 2.24) is 9.97 Å². The van der Waals surface area contributed by atoms with Crippen LogP contribution >= 0.6 is 11.6 Å². The van der Waals surface area contributed by atoms with Crippen LogP contribution in [-0.4, -0.2) is 21.9 Å². The molecule has 0 aliphatic heterocycles. The smallest absolute Gasteiger partial charge is 0.240 e. The van der Waals surface area contributed by atoms with Gasteiger partial charge in [-0.3, -0.25) is 4.79 Å². The predicted octanol–water partition coefficient (Wildman–Crippen LogP) is 2.82. The highest BCUT2D eigenvalue weighted by atomic mass is 35.5. The predicted molar refractivity (Wildman–Crippen MR) is 96.7 cm³/mol. The van der Waals surface area contributed by atoms with Crippen LogP contribution in [0.1, 0.15) is 6.92 Å². The summed E-state index contributed by atoms with van der Waals surface area (Å²) in [4.78, 5) is 20.3. The van der Waals surface area contributed by atoms with Crippen LogP contribution in [0.25, 0.3) is 22.2 Å². The Morgan fingerprint density at radius 1 is 1.21 bits per heavy atom. The molecule has 1 heterocycles. The molecule has 0 aliphatic carbocycles. The molecular weight excluding hydrogens is 326 g/mol. The van der Waals surface area contributed by atoms with Crippen LogP contribution < -0.4 is 16.8 Å². The molecule has 1 aromatic heterocycles. The van der Waals surface area contributed by atoms with Crippen LogP contribution in [0.2, 0.25) is 5.02 Å². The quantitative estimate of drug-likeness (QED) is 0.679. The Hall–Kier alpha value is -2.70. The Morgan fingerprint density at radius 2 is 2.00 bits per heavy atom. The second-order valence-electron chi connectivity index (χ2n) is 5.45. The van der Waals surface area contributed by atoms with Crippen molar-refractivity contribution in [3.05, 3.63) is 47.5 Å². The lowest BCUT2D eigenvalue weighted by Gasteiger charge is -2.11. The van der Waals surface area contributed by atoms with E-state index in [0.717, 1.165) is 10.9 Å². The molecule has 5 N–H and O–H groups in total. The summed E-state index contributed by atoms with van der Waals surface area (Å²) in [6.45, 7) is 1.62. The molecule has 3 rings (SSSR count). The van der Waals surface area contributed by atoms with E-state index in [1.807, 2.05) is 18.2 Å². The van der Waals surface area contributed by atoms with Crippen molar-refractivity contribution >= 4 is 40.0 Å². The van der Waals surface area contributed by atoms with Crippen molar-refractivity contribution in [1.29, 1.82) is 0 Å². The molecule has 1 amide bonds. The largest absolute Gasteiger partial charge is 0.368 e. The van der Waals surface area contributed by atoms with Gasteiger partial charge in [0.15, 0.2) is 0 Å². The molecule has 0 spiro atoms. The first kappa shape index (κ1) is 16.2. The number of hydrogen-bond acceptors (Lipinski definition) is 5. The Bertz CT molecular complexity index is 926. The van der Waals surface area contributed by atoms with E-state index >= 15 is 0 Å². The van der Waals surface area contributed by atoms with Crippen LogP contribution in [-0.2, 0) is 4.79 Å². The number of nitrogen functional groups attached to an aromatic ring is 1. The first-order chi connectivity index (χ1) is 11.4. The molecule has 0 unspecified atom stereocenters. The number of rotatable bonds is 3. The van der Waals surface area contributed by atoms with Gasteiger partial charge in [0, 0.05) is 21.7 Å². The number of fused-ring (bicyclic) bond motifs is 1. The average molecular weight is 342 g/mol. The van der Waals surface area contributed by atoms with Crippen LogP contribution in [0.4, 0.5) is 11.6 Å². The number of aromatic nitrogens is 2. The van der Waals surface area contributed by atoms with Crippen molar-refractivity contribution in [2.45, 2.75) is 13.0 Å². The molecule has 0 radical (unpaired) electrons. The molecule has 0 saturated carbocycles. The average Bonchev–Trinajstić information content (AvgIpc) is 2.54. The molecule has 3 aromatic rings. The van der Waals surface area contributed by atoms with Crippen LogP contribution in [0.3, 0.4) is 0 Å². The van der Waals surface area contributed by atoms with Gasteiger partial charge in [0.05, 0.1) is 17.3 Å². The third kappa shape index (κ3) is 3.29. The van der Waals surface area contributed by atoms with E-state index in [1.54, 1.807) is 31.2 Å². The first-order valence-corrected chi connectivity index (χ1v) is 7.71. The minimum atomic E-state index is -0.594. The molecule has 0 aliphatic rings. The van der Waals surface area contributed by atoms with E-state index in [9.17, 15) is 4.79 Å². The minimum absolute atomic E-state index is 0.171. The minimum Gasteiger partial charge on any atom is -0.368 e. The topological polar surface area (TPSA) is 107 Å². The summed E-state index contributed by atoms with van der Waals surface area (Å²) in [6.07, 6.45) is 0. The Labute approximate surface area is 143 Å². The fourth-order valence-corrected chi connectivity index (χ4v) is 2.51. The number of nitrogens with one attached hydrogen (secondary N) is 1. The number of nitrogens with zero attached hydrogens (tertiary/aromatic N) is 2. The zero-order valence-electron chi connectivity index (χ0n) is 13.0. The zero-order chi connectivity index (χ0) is 17.3. The van der Waals surface area contributed by atoms with Crippen molar-refractivity contribution in [3.8, 4) is 11.3 Å².